The molecule has 0 unspecified atom stereocenters. The fourth-order valence-electron chi connectivity index (χ4n) is 1.77. The highest BCUT2D eigenvalue weighted by molar-refractivity contribution is 7.98. The van der Waals surface area contributed by atoms with Gasteiger partial charge >= 0.3 is 0 Å². The molecule has 0 amide bonds. The molecule has 0 aliphatic carbocycles. The molecule has 2 rings (SSSR count). The van der Waals surface area contributed by atoms with Gasteiger partial charge in [0.2, 0.25) is 0 Å². The van der Waals surface area contributed by atoms with Gasteiger partial charge in [-0.15, -0.1) is 0 Å². The lowest BCUT2D eigenvalue weighted by Gasteiger charge is -2.19. The number of hydrogen-bond acceptors (Lipinski definition) is 6. The molecule has 2 heterocycles. The Morgan fingerprint density at radius 1 is 1.30 bits per heavy atom. The topological polar surface area (TPSA) is 53.9 Å². The van der Waals surface area contributed by atoms with Gasteiger partial charge in [0.15, 0.2) is 5.16 Å². The number of pyridine rings is 1. The molecule has 0 bridgehead atoms. The molecule has 1 N–H and O–H groups in total. The van der Waals surface area contributed by atoms with Crippen molar-refractivity contribution >= 4 is 23.4 Å². The van der Waals surface area contributed by atoms with Crippen molar-refractivity contribution in [1.82, 2.24) is 15.0 Å². The van der Waals surface area contributed by atoms with E-state index in [1.807, 2.05) is 50.8 Å². The van der Waals surface area contributed by atoms with E-state index in [1.54, 1.807) is 11.8 Å². The summed E-state index contributed by atoms with van der Waals surface area (Å²) < 4.78 is 0. The Morgan fingerprint density at radius 3 is 2.80 bits per heavy atom. The number of aromatic nitrogens is 3. The highest BCUT2D eigenvalue weighted by Crippen LogP contribution is 2.19. The summed E-state index contributed by atoms with van der Waals surface area (Å²) in [4.78, 5) is 15.4. The van der Waals surface area contributed by atoms with Gasteiger partial charge in [0, 0.05) is 45.0 Å². The smallest absolute Gasteiger partial charge is 0.191 e. The Balaban J connectivity index is 2.06. The second kappa shape index (κ2) is 7.09. The number of likely N-dealkylation sites (N-methyl/N-ethyl adjacent to an activating group) is 1. The van der Waals surface area contributed by atoms with Crippen LogP contribution in [0.1, 0.15) is 5.69 Å². The number of anilines is 2. The molecular weight excluding hydrogens is 270 g/mol. The van der Waals surface area contributed by atoms with Crippen LogP contribution in [0.2, 0.25) is 0 Å². The predicted octanol–water partition coefficient (Wildman–Crippen LogP) is 2.31. The molecule has 0 aromatic carbocycles. The maximum atomic E-state index is 4.53. The van der Waals surface area contributed by atoms with E-state index in [2.05, 4.69) is 25.2 Å². The van der Waals surface area contributed by atoms with Crippen LogP contribution >= 0.6 is 11.8 Å². The second-order valence-corrected chi connectivity index (χ2v) is 5.11. The maximum absolute atomic E-state index is 4.53. The lowest BCUT2D eigenvalue weighted by Crippen LogP contribution is -2.22. The first-order valence-corrected chi connectivity index (χ1v) is 7.67. The Hall–Kier alpha value is -1.82. The zero-order valence-corrected chi connectivity index (χ0v) is 12.8. The molecule has 0 aliphatic rings. The van der Waals surface area contributed by atoms with Gasteiger partial charge in [-0.05, 0) is 18.4 Å². The lowest BCUT2D eigenvalue weighted by molar-refractivity contribution is 0.820. The summed E-state index contributed by atoms with van der Waals surface area (Å²) in [5, 5.41) is 3.84. The van der Waals surface area contributed by atoms with Crippen LogP contribution in [0.5, 0.6) is 0 Å². The standard InChI is InChI=1S/C14H19N5S/c1-15-12-10-13(18-14(17-12)20-3)19(2)9-7-11-6-4-5-8-16-11/h4-6,8,10H,7,9H2,1-3H3,(H,15,17,18). The van der Waals surface area contributed by atoms with Crippen molar-refractivity contribution in [3.05, 3.63) is 36.2 Å². The molecule has 0 saturated heterocycles. The van der Waals surface area contributed by atoms with Crippen molar-refractivity contribution < 1.29 is 0 Å². The molecule has 0 saturated carbocycles. The number of nitrogens with zero attached hydrogens (tertiary/aromatic N) is 4. The fourth-order valence-corrected chi connectivity index (χ4v) is 2.15. The minimum atomic E-state index is 0.775. The molecule has 106 valence electrons. The number of thioether (sulfide) groups is 1. The van der Waals surface area contributed by atoms with Crippen LogP contribution in [0, 0.1) is 0 Å². The van der Waals surface area contributed by atoms with E-state index in [4.69, 9.17) is 0 Å². The third kappa shape index (κ3) is 3.84. The summed E-state index contributed by atoms with van der Waals surface area (Å²) in [6, 6.07) is 7.94. The van der Waals surface area contributed by atoms with E-state index in [-0.39, 0.29) is 0 Å². The van der Waals surface area contributed by atoms with Crippen LogP contribution in [-0.2, 0) is 6.42 Å². The monoisotopic (exact) mass is 289 g/mol. The van der Waals surface area contributed by atoms with Crippen molar-refractivity contribution in [3.8, 4) is 0 Å². The molecule has 0 fully saturated rings. The number of nitrogens with one attached hydrogen (secondary N) is 1. The minimum Gasteiger partial charge on any atom is -0.373 e. The summed E-state index contributed by atoms with van der Waals surface area (Å²) >= 11 is 1.54. The molecule has 2 aromatic heterocycles. The Bertz CT molecular complexity index is 524. The number of hydrogen-bond donors (Lipinski definition) is 1. The van der Waals surface area contributed by atoms with Crippen molar-refractivity contribution in [2.45, 2.75) is 11.6 Å². The van der Waals surface area contributed by atoms with E-state index in [0.29, 0.717) is 0 Å². The van der Waals surface area contributed by atoms with Crippen LogP contribution in [0.4, 0.5) is 11.6 Å². The molecular formula is C14H19N5S. The highest BCUT2D eigenvalue weighted by atomic mass is 32.2. The summed E-state index contributed by atoms with van der Waals surface area (Å²) in [5.74, 6) is 1.76. The summed E-state index contributed by atoms with van der Waals surface area (Å²) in [5.41, 5.74) is 1.09. The molecule has 5 nitrogen and oxygen atoms in total. The van der Waals surface area contributed by atoms with E-state index >= 15 is 0 Å². The largest absolute Gasteiger partial charge is 0.373 e. The van der Waals surface area contributed by atoms with Crippen molar-refractivity contribution in [2.75, 3.05) is 37.1 Å². The van der Waals surface area contributed by atoms with Gasteiger partial charge in [-0.2, -0.15) is 0 Å². The van der Waals surface area contributed by atoms with E-state index in [9.17, 15) is 0 Å². The van der Waals surface area contributed by atoms with Gasteiger partial charge in [-0.25, -0.2) is 9.97 Å². The van der Waals surface area contributed by atoms with E-state index in [1.165, 1.54) is 0 Å². The average Bonchev–Trinajstić information content (AvgIpc) is 2.52. The lowest BCUT2D eigenvalue weighted by atomic mass is 10.2. The first-order valence-electron chi connectivity index (χ1n) is 6.45. The van der Waals surface area contributed by atoms with E-state index in [0.717, 1.165) is 35.5 Å². The van der Waals surface area contributed by atoms with Crippen LogP contribution < -0.4 is 10.2 Å². The van der Waals surface area contributed by atoms with Crippen molar-refractivity contribution in [1.29, 1.82) is 0 Å². The molecule has 0 atom stereocenters. The average molecular weight is 289 g/mol. The normalized spacial score (nSPS) is 10.3. The van der Waals surface area contributed by atoms with Crippen LogP contribution in [0.15, 0.2) is 35.6 Å². The van der Waals surface area contributed by atoms with Gasteiger partial charge in [-0.3, -0.25) is 4.98 Å². The Kier molecular flexibility index (Phi) is 5.17. The van der Waals surface area contributed by atoms with Crippen LogP contribution in [-0.4, -0.2) is 41.8 Å². The first-order chi connectivity index (χ1) is 9.72. The molecule has 2 aromatic rings. The predicted molar refractivity (Wildman–Crippen MR) is 84.6 cm³/mol. The Morgan fingerprint density at radius 2 is 2.15 bits per heavy atom. The minimum absolute atomic E-state index is 0.775. The molecule has 0 radical (unpaired) electrons. The van der Waals surface area contributed by atoms with Gasteiger partial charge in [-0.1, -0.05) is 17.8 Å². The van der Waals surface area contributed by atoms with Crippen LogP contribution in [0.25, 0.3) is 0 Å². The zero-order valence-electron chi connectivity index (χ0n) is 12.0. The SMILES string of the molecule is CNc1cc(N(C)CCc2ccccn2)nc(SC)n1. The second-order valence-electron chi connectivity index (χ2n) is 4.34. The molecule has 0 aliphatic heterocycles. The van der Waals surface area contributed by atoms with Crippen LogP contribution in [0.3, 0.4) is 0 Å². The molecule has 0 spiro atoms. The quantitative estimate of drug-likeness (QED) is 0.650. The first kappa shape index (κ1) is 14.6. The van der Waals surface area contributed by atoms with Crippen molar-refractivity contribution in [2.24, 2.45) is 0 Å². The van der Waals surface area contributed by atoms with E-state index < -0.39 is 0 Å². The highest BCUT2D eigenvalue weighted by Gasteiger charge is 2.08. The van der Waals surface area contributed by atoms with Gasteiger partial charge < -0.3 is 10.2 Å². The Labute approximate surface area is 123 Å². The number of rotatable bonds is 6. The molecule has 6 heteroatoms. The third-order valence-corrected chi connectivity index (χ3v) is 3.50. The van der Waals surface area contributed by atoms with Gasteiger partial charge in [0.25, 0.3) is 0 Å². The van der Waals surface area contributed by atoms with Crippen molar-refractivity contribution in [3.63, 3.8) is 0 Å². The summed E-state index contributed by atoms with van der Waals surface area (Å²) in [6.07, 6.45) is 4.70. The third-order valence-electron chi connectivity index (χ3n) is 2.95. The summed E-state index contributed by atoms with van der Waals surface area (Å²) in [7, 11) is 3.90. The van der Waals surface area contributed by atoms with Gasteiger partial charge in [0.1, 0.15) is 11.6 Å². The zero-order chi connectivity index (χ0) is 14.4. The van der Waals surface area contributed by atoms with Gasteiger partial charge in [0.05, 0.1) is 0 Å². The maximum Gasteiger partial charge on any atom is 0.191 e. The fraction of sp³-hybridized carbons (Fsp3) is 0.357. The summed E-state index contributed by atoms with van der Waals surface area (Å²) in [6.45, 7) is 0.866. The molecule has 20 heavy (non-hydrogen) atoms.